The molecule has 0 aliphatic rings. The van der Waals surface area contributed by atoms with Crippen LogP contribution in [0.2, 0.25) is 0 Å². The van der Waals surface area contributed by atoms with Crippen molar-refractivity contribution in [1.82, 2.24) is 0 Å². The molecule has 5 nitrogen and oxygen atoms in total. The van der Waals surface area contributed by atoms with Gasteiger partial charge in [0.05, 0.1) is 4.47 Å². The molecule has 0 aromatic heterocycles. The van der Waals surface area contributed by atoms with Gasteiger partial charge < -0.3 is 17.2 Å². The molecular weight excluding hydrogens is 284 g/mol. The van der Waals surface area contributed by atoms with E-state index in [1.165, 1.54) is 0 Å². The van der Waals surface area contributed by atoms with Gasteiger partial charge in [0.15, 0.2) is 11.8 Å². The molecule has 1 rings (SSSR count). The lowest BCUT2D eigenvalue weighted by molar-refractivity contribution is 0.580. The summed E-state index contributed by atoms with van der Waals surface area (Å²) in [5.74, 6) is -2.23. The summed E-state index contributed by atoms with van der Waals surface area (Å²) in [6, 6.07) is 1.80. The van der Waals surface area contributed by atoms with E-state index in [4.69, 9.17) is 17.2 Å². The molecule has 0 unspecified atom stereocenters. The minimum Gasteiger partial charge on any atom is -0.370 e. The fraction of sp³-hybridized carbons (Fsp3) is 0. The molecule has 0 saturated heterocycles. The van der Waals surface area contributed by atoms with Crippen LogP contribution in [0, 0.1) is 11.6 Å². The second-order valence-electron chi connectivity index (χ2n) is 2.72. The SMILES string of the molecule is NC(N)=NC(N)=Nc1cc(Br)c(F)cc1F. The molecule has 1 aromatic rings. The molecule has 0 fully saturated rings. The summed E-state index contributed by atoms with van der Waals surface area (Å²) >= 11 is 2.88. The van der Waals surface area contributed by atoms with Crippen molar-refractivity contribution in [2.75, 3.05) is 0 Å². The lowest BCUT2D eigenvalue weighted by Gasteiger charge is -2.00. The van der Waals surface area contributed by atoms with Gasteiger partial charge in [0.1, 0.15) is 11.5 Å². The smallest absolute Gasteiger partial charge is 0.223 e. The summed E-state index contributed by atoms with van der Waals surface area (Å²) in [5, 5.41) is 0. The van der Waals surface area contributed by atoms with Crippen LogP contribution in [0.15, 0.2) is 26.6 Å². The fourth-order valence-electron chi connectivity index (χ4n) is 0.878. The predicted octanol–water partition coefficient (Wildman–Crippen LogP) is 0.947. The van der Waals surface area contributed by atoms with E-state index in [-0.39, 0.29) is 22.1 Å². The Labute approximate surface area is 98.2 Å². The van der Waals surface area contributed by atoms with Gasteiger partial charge in [0.25, 0.3) is 0 Å². The molecule has 0 heterocycles. The summed E-state index contributed by atoms with van der Waals surface area (Å²) < 4.78 is 26.1. The van der Waals surface area contributed by atoms with Crippen molar-refractivity contribution in [2.45, 2.75) is 0 Å². The minimum absolute atomic E-state index is 0.0603. The van der Waals surface area contributed by atoms with Gasteiger partial charge in [-0.3, -0.25) is 0 Å². The Morgan fingerprint density at radius 2 is 1.75 bits per heavy atom. The summed E-state index contributed by atoms with van der Waals surface area (Å²) in [7, 11) is 0. The number of rotatable bonds is 1. The Morgan fingerprint density at radius 1 is 1.12 bits per heavy atom. The summed E-state index contributed by atoms with van der Waals surface area (Å²) in [5.41, 5.74) is 15.2. The number of nitrogens with zero attached hydrogens (tertiary/aromatic N) is 2. The average Bonchev–Trinajstić information content (AvgIpc) is 2.12. The number of guanidine groups is 2. The Balaban J connectivity index is 3.15. The number of aliphatic imine (C=N–C) groups is 2. The topological polar surface area (TPSA) is 103 Å². The largest absolute Gasteiger partial charge is 0.370 e. The molecule has 0 aliphatic carbocycles. The van der Waals surface area contributed by atoms with Crippen LogP contribution < -0.4 is 17.2 Å². The van der Waals surface area contributed by atoms with Crippen molar-refractivity contribution >= 4 is 33.5 Å². The van der Waals surface area contributed by atoms with Crippen molar-refractivity contribution < 1.29 is 8.78 Å². The van der Waals surface area contributed by atoms with E-state index in [1.807, 2.05) is 0 Å². The van der Waals surface area contributed by atoms with Crippen LogP contribution in [0.4, 0.5) is 14.5 Å². The average molecular weight is 292 g/mol. The molecule has 0 bridgehead atoms. The highest BCUT2D eigenvalue weighted by molar-refractivity contribution is 9.10. The van der Waals surface area contributed by atoms with E-state index in [0.29, 0.717) is 6.07 Å². The third-order valence-corrected chi connectivity index (χ3v) is 2.08. The summed E-state index contributed by atoms with van der Waals surface area (Å²) in [6.07, 6.45) is 0. The lowest BCUT2D eigenvalue weighted by Crippen LogP contribution is -2.26. The molecule has 16 heavy (non-hydrogen) atoms. The molecule has 0 spiro atoms. The second-order valence-corrected chi connectivity index (χ2v) is 3.58. The van der Waals surface area contributed by atoms with Crippen LogP contribution in [0.25, 0.3) is 0 Å². The maximum atomic E-state index is 13.2. The normalized spacial score (nSPS) is 11.3. The first-order valence-corrected chi connectivity index (χ1v) is 4.78. The van der Waals surface area contributed by atoms with Crippen LogP contribution in [0.3, 0.4) is 0 Å². The number of hydrogen-bond donors (Lipinski definition) is 3. The Morgan fingerprint density at radius 3 is 2.31 bits per heavy atom. The van der Waals surface area contributed by atoms with Crippen molar-refractivity contribution in [2.24, 2.45) is 27.2 Å². The quantitative estimate of drug-likeness (QED) is 0.408. The van der Waals surface area contributed by atoms with Crippen LogP contribution >= 0.6 is 15.9 Å². The summed E-state index contributed by atoms with van der Waals surface area (Å²) in [4.78, 5) is 6.97. The van der Waals surface area contributed by atoms with Crippen LogP contribution in [-0.2, 0) is 0 Å². The molecule has 0 atom stereocenters. The van der Waals surface area contributed by atoms with Crippen molar-refractivity contribution in [1.29, 1.82) is 0 Å². The zero-order valence-corrected chi connectivity index (χ0v) is 9.50. The van der Waals surface area contributed by atoms with E-state index in [1.54, 1.807) is 0 Å². The number of benzene rings is 1. The number of nitrogens with two attached hydrogens (primary N) is 3. The van der Waals surface area contributed by atoms with Gasteiger partial charge in [0.2, 0.25) is 5.96 Å². The highest BCUT2D eigenvalue weighted by atomic mass is 79.9. The molecule has 0 aliphatic heterocycles. The molecule has 86 valence electrons. The standard InChI is InChI=1S/C8H8BrF2N5/c9-3-1-6(5(11)2-4(3)10)15-8(14)16-7(12)13/h1-2H,(H6,12,13,14,15,16). The van der Waals surface area contributed by atoms with Gasteiger partial charge in [-0.15, -0.1) is 0 Å². The van der Waals surface area contributed by atoms with Crippen molar-refractivity contribution in [3.05, 3.63) is 28.2 Å². The Kier molecular flexibility index (Phi) is 3.78. The zero-order valence-electron chi connectivity index (χ0n) is 7.92. The first-order valence-electron chi connectivity index (χ1n) is 3.98. The van der Waals surface area contributed by atoms with Crippen LogP contribution in [-0.4, -0.2) is 11.9 Å². The highest BCUT2D eigenvalue weighted by Gasteiger charge is 2.07. The van der Waals surface area contributed by atoms with Gasteiger partial charge in [-0.2, -0.15) is 4.99 Å². The maximum Gasteiger partial charge on any atom is 0.223 e. The molecular formula is C8H8BrF2N5. The van der Waals surface area contributed by atoms with Gasteiger partial charge in [0, 0.05) is 6.07 Å². The minimum atomic E-state index is -0.866. The van der Waals surface area contributed by atoms with E-state index < -0.39 is 11.6 Å². The Bertz CT molecular complexity index is 468. The molecule has 6 N–H and O–H groups in total. The van der Waals surface area contributed by atoms with Crippen LogP contribution in [0.1, 0.15) is 0 Å². The summed E-state index contributed by atoms with van der Waals surface area (Å²) in [6.45, 7) is 0. The van der Waals surface area contributed by atoms with Gasteiger partial charge in [-0.05, 0) is 22.0 Å². The van der Waals surface area contributed by atoms with E-state index in [9.17, 15) is 8.78 Å². The second kappa shape index (κ2) is 4.88. The first-order chi connectivity index (χ1) is 7.40. The fourth-order valence-corrected chi connectivity index (χ4v) is 1.21. The number of halogens is 3. The maximum absolute atomic E-state index is 13.2. The zero-order chi connectivity index (χ0) is 12.3. The van der Waals surface area contributed by atoms with E-state index >= 15 is 0 Å². The first kappa shape index (κ1) is 12.4. The third-order valence-electron chi connectivity index (χ3n) is 1.47. The Hall–Kier alpha value is -1.70. The number of hydrogen-bond acceptors (Lipinski definition) is 1. The molecule has 1 aromatic carbocycles. The molecule has 0 radical (unpaired) electrons. The molecule has 8 heteroatoms. The van der Waals surface area contributed by atoms with Gasteiger partial charge in [-0.1, -0.05) is 0 Å². The highest BCUT2D eigenvalue weighted by Crippen LogP contribution is 2.25. The van der Waals surface area contributed by atoms with Crippen LogP contribution in [0.5, 0.6) is 0 Å². The van der Waals surface area contributed by atoms with Gasteiger partial charge >= 0.3 is 0 Å². The van der Waals surface area contributed by atoms with E-state index in [2.05, 4.69) is 25.9 Å². The van der Waals surface area contributed by atoms with Gasteiger partial charge in [-0.25, -0.2) is 13.8 Å². The third kappa shape index (κ3) is 3.16. The molecule has 0 saturated carbocycles. The van der Waals surface area contributed by atoms with E-state index in [0.717, 1.165) is 6.07 Å². The lowest BCUT2D eigenvalue weighted by atomic mass is 10.3. The monoisotopic (exact) mass is 291 g/mol. The molecule has 0 amide bonds. The van der Waals surface area contributed by atoms with Crippen molar-refractivity contribution in [3.63, 3.8) is 0 Å². The predicted molar refractivity (Wildman–Crippen MR) is 61.2 cm³/mol. The van der Waals surface area contributed by atoms with Crippen molar-refractivity contribution in [3.8, 4) is 0 Å².